The minimum Gasteiger partial charge on any atom is -0.495 e. The number of methoxy groups -OCH3 is 2. The number of hydrogen-bond donors (Lipinski definition) is 2. The summed E-state index contributed by atoms with van der Waals surface area (Å²) in [5.41, 5.74) is 4.60. The van der Waals surface area contributed by atoms with Crippen molar-refractivity contribution in [3.05, 3.63) is 69.6 Å². The van der Waals surface area contributed by atoms with Gasteiger partial charge < -0.3 is 14.8 Å². The third-order valence-electron chi connectivity index (χ3n) is 5.44. The molecule has 1 amide bonds. The van der Waals surface area contributed by atoms with E-state index < -0.39 is 11.7 Å². The molecule has 0 unspecified atom stereocenters. The standard InChI is InChI=1S/C24H20Cl2FN3O3/c1-4-20(31)28-16-8-6-13(27)10-15(16)24-14-7-5-12(9-17(14)29-30-24)21-22(25)18(32-2)11-19(33-3)23(21)26/h4,6,8-11H,1,5,7H2,2-3H3,(H,28,31)(H,29,30). The molecule has 170 valence electrons. The number of fused-ring (bicyclic) bond motifs is 1. The Balaban J connectivity index is 1.81. The van der Waals surface area contributed by atoms with Gasteiger partial charge in [-0.2, -0.15) is 5.10 Å². The van der Waals surface area contributed by atoms with E-state index in [1.807, 2.05) is 6.08 Å². The van der Waals surface area contributed by atoms with E-state index in [9.17, 15) is 9.18 Å². The van der Waals surface area contributed by atoms with Crippen LogP contribution in [0.1, 0.15) is 23.2 Å². The number of benzene rings is 2. The van der Waals surface area contributed by atoms with Gasteiger partial charge in [0, 0.05) is 22.8 Å². The minimum absolute atomic E-state index is 0.386. The number of carbonyl (C=O) groups excluding carboxylic acids is 1. The highest BCUT2D eigenvalue weighted by atomic mass is 35.5. The Morgan fingerprint density at radius 3 is 2.52 bits per heavy atom. The zero-order valence-electron chi connectivity index (χ0n) is 17.9. The van der Waals surface area contributed by atoms with Crippen molar-refractivity contribution in [1.82, 2.24) is 10.2 Å². The number of nitrogens with zero attached hydrogens (tertiary/aromatic N) is 1. The number of aromatic amines is 1. The molecule has 1 aliphatic rings. The summed E-state index contributed by atoms with van der Waals surface area (Å²) in [7, 11) is 3.04. The predicted octanol–water partition coefficient (Wildman–Crippen LogP) is 6.15. The Bertz CT molecular complexity index is 1270. The van der Waals surface area contributed by atoms with E-state index in [0.717, 1.165) is 22.9 Å². The molecule has 0 aliphatic heterocycles. The van der Waals surface area contributed by atoms with E-state index in [1.54, 1.807) is 6.07 Å². The van der Waals surface area contributed by atoms with Gasteiger partial charge in [-0.3, -0.25) is 9.89 Å². The second kappa shape index (κ2) is 9.29. The van der Waals surface area contributed by atoms with Gasteiger partial charge in [0.15, 0.2) is 0 Å². The monoisotopic (exact) mass is 487 g/mol. The topological polar surface area (TPSA) is 76.2 Å². The van der Waals surface area contributed by atoms with Crippen LogP contribution in [0.2, 0.25) is 10.0 Å². The average molecular weight is 488 g/mol. The number of rotatable bonds is 6. The van der Waals surface area contributed by atoms with Crippen molar-refractivity contribution in [3.8, 4) is 22.8 Å². The molecule has 4 rings (SSSR count). The molecule has 1 heterocycles. The van der Waals surface area contributed by atoms with Gasteiger partial charge >= 0.3 is 0 Å². The van der Waals surface area contributed by atoms with Crippen LogP contribution in [-0.2, 0) is 11.2 Å². The summed E-state index contributed by atoms with van der Waals surface area (Å²) >= 11 is 13.2. The number of anilines is 1. The number of H-pyrrole nitrogens is 1. The lowest BCUT2D eigenvalue weighted by Crippen LogP contribution is -2.09. The van der Waals surface area contributed by atoms with Gasteiger partial charge in [-0.25, -0.2) is 4.39 Å². The van der Waals surface area contributed by atoms with Gasteiger partial charge in [-0.15, -0.1) is 0 Å². The minimum atomic E-state index is -0.438. The lowest BCUT2D eigenvalue weighted by Gasteiger charge is -2.20. The Hall–Kier alpha value is -3.29. The molecule has 2 aromatic carbocycles. The fraction of sp³-hybridized carbons (Fsp3) is 0.167. The second-order valence-electron chi connectivity index (χ2n) is 7.30. The quantitative estimate of drug-likeness (QED) is 0.408. The molecule has 0 radical (unpaired) electrons. The van der Waals surface area contributed by atoms with Gasteiger partial charge in [-0.1, -0.05) is 29.8 Å². The number of allylic oxidation sites excluding steroid dienone is 1. The van der Waals surface area contributed by atoms with Gasteiger partial charge in [-0.05, 0) is 48.8 Å². The van der Waals surface area contributed by atoms with Gasteiger partial charge in [0.05, 0.1) is 41.3 Å². The first kappa shape index (κ1) is 22.9. The lowest BCUT2D eigenvalue weighted by molar-refractivity contribution is -0.111. The Morgan fingerprint density at radius 1 is 1.18 bits per heavy atom. The number of nitrogens with one attached hydrogen (secondary N) is 2. The van der Waals surface area contributed by atoms with Gasteiger partial charge in [0.2, 0.25) is 5.91 Å². The molecule has 0 saturated carbocycles. The maximum atomic E-state index is 14.1. The van der Waals surface area contributed by atoms with Crippen molar-refractivity contribution in [2.24, 2.45) is 0 Å². The number of halogens is 3. The summed E-state index contributed by atoms with van der Waals surface area (Å²) in [6.45, 7) is 3.46. The molecule has 0 atom stereocenters. The van der Waals surface area contributed by atoms with Crippen LogP contribution in [0, 0.1) is 5.82 Å². The summed E-state index contributed by atoms with van der Waals surface area (Å²) < 4.78 is 24.8. The molecule has 33 heavy (non-hydrogen) atoms. The van der Waals surface area contributed by atoms with Crippen molar-refractivity contribution in [1.29, 1.82) is 0 Å². The highest BCUT2D eigenvalue weighted by molar-refractivity contribution is 6.39. The summed E-state index contributed by atoms with van der Waals surface area (Å²) in [4.78, 5) is 11.8. The Morgan fingerprint density at radius 2 is 1.88 bits per heavy atom. The fourth-order valence-electron chi connectivity index (χ4n) is 3.85. The smallest absolute Gasteiger partial charge is 0.247 e. The van der Waals surface area contributed by atoms with Crippen LogP contribution < -0.4 is 14.8 Å². The maximum Gasteiger partial charge on any atom is 0.247 e. The first-order valence-corrected chi connectivity index (χ1v) is 10.7. The van der Waals surface area contributed by atoms with E-state index >= 15 is 0 Å². The molecular formula is C24H20Cl2FN3O3. The highest BCUT2D eigenvalue weighted by Gasteiger charge is 2.26. The van der Waals surface area contributed by atoms with Crippen molar-refractivity contribution < 1.29 is 18.7 Å². The van der Waals surface area contributed by atoms with Crippen LogP contribution in [0.15, 0.2) is 36.9 Å². The first-order valence-electron chi connectivity index (χ1n) is 9.99. The van der Waals surface area contributed by atoms with E-state index in [0.29, 0.717) is 56.9 Å². The number of carbonyl (C=O) groups is 1. The molecule has 1 aromatic heterocycles. The van der Waals surface area contributed by atoms with Crippen molar-refractivity contribution in [3.63, 3.8) is 0 Å². The summed E-state index contributed by atoms with van der Waals surface area (Å²) in [5, 5.41) is 10.9. The second-order valence-corrected chi connectivity index (χ2v) is 8.06. The van der Waals surface area contributed by atoms with Gasteiger partial charge in [0.1, 0.15) is 17.3 Å². The van der Waals surface area contributed by atoms with Crippen LogP contribution in [0.4, 0.5) is 10.1 Å². The first-order chi connectivity index (χ1) is 15.9. The third kappa shape index (κ3) is 4.21. The third-order valence-corrected chi connectivity index (χ3v) is 6.19. The Kier molecular flexibility index (Phi) is 6.44. The molecule has 2 N–H and O–H groups in total. The molecule has 0 spiro atoms. The summed E-state index contributed by atoms with van der Waals surface area (Å²) in [6.07, 6.45) is 4.24. The summed E-state index contributed by atoms with van der Waals surface area (Å²) in [6, 6.07) is 5.76. The fourth-order valence-corrected chi connectivity index (χ4v) is 4.59. The van der Waals surface area contributed by atoms with Crippen LogP contribution in [0.25, 0.3) is 22.9 Å². The normalized spacial score (nSPS) is 12.6. The lowest BCUT2D eigenvalue weighted by atomic mass is 9.89. The van der Waals surface area contributed by atoms with E-state index in [-0.39, 0.29) is 0 Å². The van der Waals surface area contributed by atoms with Crippen LogP contribution in [0.5, 0.6) is 11.5 Å². The highest BCUT2D eigenvalue weighted by Crippen LogP contribution is 2.47. The van der Waals surface area contributed by atoms with E-state index in [1.165, 1.54) is 32.4 Å². The zero-order chi connectivity index (χ0) is 23.7. The maximum absolute atomic E-state index is 14.1. The number of ether oxygens (including phenoxy) is 2. The van der Waals surface area contributed by atoms with Crippen molar-refractivity contribution in [2.45, 2.75) is 12.8 Å². The van der Waals surface area contributed by atoms with Crippen molar-refractivity contribution in [2.75, 3.05) is 19.5 Å². The summed E-state index contributed by atoms with van der Waals surface area (Å²) in [5.74, 6) is 0.0673. The molecule has 0 bridgehead atoms. The van der Waals surface area contributed by atoms with E-state index in [4.69, 9.17) is 32.7 Å². The number of aromatic nitrogens is 2. The zero-order valence-corrected chi connectivity index (χ0v) is 19.4. The van der Waals surface area contributed by atoms with E-state index in [2.05, 4.69) is 22.1 Å². The van der Waals surface area contributed by atoms with Crippen LogP contribution in [0.3, 0.4) is 0 Å². The largest absolute Gasteiger partial charge is 0.495 e. The van der Waals surface area contributed by atoms with Crippen LogP contribution >= 0.6 is 23.2 Å². The predicted molar refractivity (Wildman–Crippen MR) is 129 cm³/mol. The molecule has 9 heteroatoms. The van der Waals surface area contributed by atoms with Crippen LogP contribution in [-0.4, -0.2) is 30.3 Å². The average Bonchev–Trinajstić information content (AvgIpc) is 3.23. The number of hydrogen-bond acceptors (Lipinski definition) is 4. The SMILES string of the molecule is C=CC(=O)Nc1ccc(F)cc1-c1n[nH]c2c1CCC(c1c(Cl)c(OC)cc(OC)c1Cl)=C2. The molecule has 6 nitrogen and oxygen atoms in total. The number of amides is 1. The molecule has 1 aliphatic carbocycles. The van der Waals surface area contributed by atoms with Crippen molar-refractivity contribution >= 4 is 46.4 Å². The molecular weight excluding hydrogens is 468 g/mol. The molecule has 0 saturated heterocycles. The molecule has 3 aromatic rings. The van der Waals surface area contributed by atoms with Gasteiger partial charge in [0.25, 0.3) is 0 Å². The molecule has 0 fully saturated rings. The Labute approximate surface area is 200 Å².